The number of likely N-dealkylation sites (N-methyl/N-ethyl adjacent to an activating group) is 2. The van der Waals surface area contributed by atoms with Crippen LogP contribution in [0.25, 0.3) is 0 Å². The summed E-state index contributed by atoms with van der Waals surface area (Å²) in [5.41, 5.74) is 0. The highest BCUT2D eigenvalue weighted by Gasteiger charge is 2.14. The fourth-order valence-corrected chi connectivity index (χ4v) is 3.29. The van der Waals surface area contributed by atoms with E-state index in [-0.39, 0.29) is 0 Å². The SMILES string of the molecule is CCCN1CCN(CCC)CC1.CCN1CCN(CC)CC1. The van der Waals surface area contributed by atoms with Gasteiger partial charge >= 0.3 is 0 Å². The van der Waals surface area contributed by atoms with Crippen molar-refractivity contribution >= 4 is 0 Å². The van der Waals surface area contributed by atoms with E-state index in [1.54, 1.807) is 0 Å². The molecule has 0 aromatic heterocycles. The van der Waals surface area contributed by atoms with E-state index in [0.29, 0.717) is 0 Å². The van der Waals surface area contributed by atoms with Crippen LogP contribution in [0.5, 0.6) is 0 Å². The van der Waals surface area contributed by atoms with Gasteiger partial charge in [-0.2, -0.15) is 0 Å². The first-order valence-corrected chi connectivity index (χ1v) is 9.62. The van der Waals surface area contributed by atoms with E-state index in [1.807, 2.05) is 0 Å². The van der Waals surface area contributed by atoms with Crippen LogP contribution < -0.4 is 0 Å². The summed E-state index contributed by atoms with van der Waals surface area (Å²) in [5, 5.41) is 0. The Morgan fingerprint density at radius 1 is 0.455 bits per heavy atom. The Morgan fingerprint density at radius 2 is 0.727 bits per heavy atom. The molecular weight excluding hydrogens is 272 g/mol. The second kappa shape index (κ2) is 12.3. The molecule has 0 atom stereocenters. The van der Waals surface area contributed by atoms with Crippen LogP contribution in [0.15, 0.2) is 0 Å². The predicted molar refractivity (Wildman–Crippen MR) is 97.7 cm³/mol. The molecule has 132 valence electrons. The quantitative estimate of drug-likeness (QED) is 0.744. The monoisotopic (exact) mass is 312 g/mol. The maximum Gasteiger partial charge on any atom is 0.0110 e. The molecule has 0 aromatic rings. The summed E-state index contributed by atoms with van der Waals surface area (Å²) in [6.07, 6.45) is 2.60. The molecule has 0 N–H and O–H groups in total. The third-order valence-corrected chi connectivity index (χ3v) is 4.90. The van der Waals surface area contributed by atoms with Crippen LogP contribution in [-0.2, 0) is 0 Å². The van der Waals surface area contributed by atoms with Gasteiger partial charge in [0.1, 0.15) is 0 Å². The van der Waals surface area contributed by atoms with Gasteiger partial charge in [-0.25, -0.2) is 0 Å². The van der Waals surface area contributed by atoms with Crippen molar-refractivity contribution in [3.63, 3.8) is 0 Å². The molecule has 0 spiro atoms. The third kappa shape index (κ3) is 7.91. The number of hydrogen-bond donors (Lipinski definition) is 0. The van der Waals surface area contributed by atoms with Gasteiger partial charge in [0.2, 0.25) is 0 Å². The highest BCUT2D eigenvalue weighted by molar-refractivity contribution is 4.71. The molecule has 0 amide bonds. The molecule has 0 aromatic carbocycles. The van der Waals surface area contributed by atoms with Crippen molar-refractivity contribution in [1.29, 1.82) is 0 Å². The Balaban J connectivity index is 0.000000224. The number of rotatable bonds is 6. The van der Waals surface area contributed by atoms with Crippen molar-refractivity contribution < 1.29 is 0 Å². The molecular formula is C18H40N4. The van der Waals surface area contributed by atoms with Crippen LogP contribution in [0.2, 0.25) is 0 Å². The lowest BCUT2D eigenvalue weighted by Gasteiger charge is -2.34. The largest absolute Gasteiger partial charge is 0.301 e. The summed E-state index contributed by atoms with van der Waals surface area (Å²) in [4.78, 5) is 10.2. The first-order chi connectivity index (χ1) is 10.7. The molecule has 2 rings (SSSR count). The summed E-state index contributed by atoms with van der Waals surface area (Å²) < 4.78 is 0. The van der Waals surface area contributed by atoms with E-state index in [0.717, 1.165) is 0 Å². The van der Waals surface area contributed by atoms with Crippen LogP contribution in [0.3, 0.4) is 0 Å². The highest BCUT2D eigenvalue weighted by Crippen LogP contribution is 2.02. The fraction of sp³-hybridized carbons (Fsp3) is 1.00. The summed E-state index contributed by atoms with van der Waals surface area (Å²) in [5.74, 6) is 0. The van der Waals surface area contributed by atoms with Crippen LogP contribution in [0.4, 0.5) is 0 Å². The number of hydrogen-bond acceptors (Lipinski definition) is 4. The number of piperazine rings is 2. The van der Waals surface area contributed by atoms with Crippen molar-refractivity contribution in [2.45, 2.75) is 40.5 Å². The zero-order valence-electron chi connectivity index (χ0n) is 15.7. The topological polar surface area (TPSA) is 13.0 Å². The van der Waals surface area contributed by atoms with Gasteiger partial charge in [-0.3, -0.25) is 0 Å². The van der Waals surface area contributed by atoms with E-state index in [1.165, 1.54) is 91.4 Å². The second-order valence-corrected chi connectivity index (χ2v) is 6.55. The summed E-state index contributed by atoms with van der Waals surface area (Å²) in [6, 6.07) is 0. The van der Waals surface area contributed by atoms with Gasteiger partial charge in [-0.15, -0.1) is 0 Å². The second-order valence-electron chi connectivity index (χ2n) is 6.55. The molecule has 2 saturated heterocycles. The van der Waals surface area contributed by atoms with Crippen molar-refractivity contribution in [3.05, 3.63) is 0 Å². The Kier molecular flexibility index (Phi) is 11.1. The minimum absolute atomic E-state index is 1.22. The van der Waals surface area contributed by atoms with E-state index in [2.05, 4.69) is 47.3 Å². The zero-order valence-corrected chi connectivity index (χ0v) is 15.7. The Bertz CT molecular complexity index is 217. The summed E-state index contributed by atoms with van der Waals surface area (Å²) in [6.45, 7) is 24.2. The van der Waals surface area contributed by atoms with Crippen molar-refractivity contribution in [2.75, 3.05) is 78.5 Å². The van der Waals surface area contributed by atoms with Gasteiger partial charge in [0, 0.05) is 52.4 Å². The van der Waals surface area contributed by atoms with Crippen LogP contribution in [-0.4, -0.2) is 98.1 Å². The first kappa shape index (κ1) is 19.9. The molecule has 2 aliphatic heterocycles. The van der Waals surface area contributed by atoms with Crippen LogP contribution in [0, 0.1) is 0 Å². The normalized spacial score (nSPS) is 22.4. The average Bonchev–Trinajstić information content (AvgIpc) is 2.58. The minimum atomic E-state index is 1.22. The molecule has 22 heavy (non-hydrogen) atoms. The van der Waals surface area contributed by atoms with E-state index in [4.69, 9.17) is 0 Å². The summed E-state index contributed by atoms with van der Waals surface area (Å²) in [7, 11) is 0. The Hall–Kier alpha value is -0.160. The van der Waals surface area contributed by atoms with Crippen molar-refractivity contribution in [3.8, 4) is 0 Å². The molecule has 0 saturated carbocycles. The van der Waals surface area contributed by atoms with Gasteiger partial charge in [0.05, 0.1) is 0 Å². The maximum atomic E-state index is 2.58. The molecule has 2 heterocycles. The maximum absolute atomic E-state index is 2.58. The average molecular weight is 313 g/mol. The van der Waals surface area contributed by atoms with Gasteiger partial charge in [-0.05, 0) is 39.0 Å². The van der Waals surface area contributed by atoms with E-state index >= 15 is 0 Å². The lowest BCUT2D eigenvalue weighted by molar-refractivity contribution is 0.133. The van der Waals surface area contributed by atoms with Crippen LogP contribution >= 0.6 is 0 Å². The standard InChI is InChI=1S/C10H22N2.C8H18N2/c1-3-5-11-7-9-12(6-4-2)10-8-11;1-3-9-5-7-10(4-2)8-6-9/h3-10H2,1-2H3;3-8H2,1-2H3. The molecule has 4 nitrogen and oxygen atoms in total. The van der Waals surface area contributed by atoms with Gasteiger partial charge < -0.3 is 19.6 Å². The minimum Gasteiger partial charge on any atom is -0.301 e. The summed E-state index contributed by atoms with van der Waals surface area (Å²) >= 11 is 0. The Labute approximate surface area is 139 Å². The van der Waals surface area contributed by atoms with Gasteiger partial charge in [0.15, 0.2) is 0 Å². The molecule has 2 aliphatic rings. The fourth-order valence-electron chi connectivity index (χ4n) is 3.29. The van der Waals surface area contributed by atoms with E-state index in [9.17, 15) is 0 Å². The van der Waals surface area contributed by atoms with Crippen molar-refractivity contribution in [2.24, 2.45) is 0 Å². The van der Waals surface area contributed by atoms with Crippen molar-refractivity contribution in [1.82, 2.24) is 19.6 Å². The molecule has 0 unspecified atom stereocenters. The predicted octanol–water partition coefficient (Wildman–Crippen LogP) is 2.07. The molecule has 0 bridgehead atoms. The van der Waals surface area contributed by atoms with E-state index < -0.39 is 0 Å². The lowest BCUT2D eigenvalue weighted by atomic mass is 10.3. The highest BCUT2D eigenvalue weighted by atomic mass is 15.3. The van der Waals surface area contributed by atoms with Gasteiger partial charge in [0.25, 0.3) is 0 Å². The smallest absolute Gasteiger partial charge is 0.0110 e. The zero-order chi connectivity index (χ0) is 16.2. The molecule has 4 heteroatoms. The first-order valence-electron chi connectivity index (χ1n) is 9.62. The third-order valence-electron chi connectivity index (χ3n) is 4.90. The lowest BCUT2D eigenvalue weighted by Crippen LogP contribution is -2.46. The Morgan fingerprint density at radius 3 is 0.955 bits per heavy atom. The molecule has 0 radical (unpaired) electrons. The number of nitrogens with zero attached hydrogens (tertiary/aromatic N) is 4. The molecule has 2 fully saturated rings. The van der Waals surface area contributed by atoms with Gasteiger partial charge in [-0.1, -0.05) is 27.7 Å². The molecule has 0 aliphatic carbocycles. The van der Waals surface area contributed by atoms with Crippen LogP contribution in [0.1, 0.15) is 40.5 Å².